The van der Waals surface area contributed by atoms with Crippen molar-refractivity contribution < 1.29 is 4.42 Å². The molecule has 0 aliphatic carbocycles. The average Bonchev–Trinajstić information content (AvgIpc) is 3.32. The van der Waals surface area contributed by atoms with Gasteiger partial charge in [0.15, 0.2) is 5.96 Å². The lowest BCUT2D eigenvalue weighted by Gasteiger charge is -2.14. The molecule has 0 aliphatic heterocycles. The Balaban J connectivity index is 1.54. The van der Waals surface area contributed by atoms with E-state index in [1.165, 1.54) is 5.56 Å². The van der Waals surface area contributed by atoms with Gasteiger partial charge in [-0.25, -0.2) is 9.97 Å². The summed E-state index contributed by atoms with van der Waals surface area (Å²) in [7, 11) is 1.74. The van der Waals surface area contributed by atoms with Gasteiger partial charge in [0.25, 0.3) is 0 Å². The van der Waals surface area contributed by atoms with Gasteiger partial charge in [0.05, 0.1) is 19.3 Å². The Bertz CT molecular complexity index is 904. The summed E-state index contributed by atoms with van der Waals surface area (Å²) in [6.45, 7) is 8.12. The predicted molar refractivity (Wildman–Crippen MR) is 110 cm³/mol. The van der Waals surface area contributed by atoms with Gasteiger partial charge in [-0.1, -0.05) is 51.1 Å². The molecule has 2 N–H and O–H groups in total. The lowest BCUT2D eigenvalue weighted by molar-refractivity contribution is 0.379. The van der Waals surface area contributed by atoms with E-state index in [0.717, 1.165) is 18.1 Å². The number of hydrogen-bond acceptors (Lipinski definition) is 4. The Morgan fingerprint density at radius 3 is 2.54 bits per heavy atom. The number of hydrogen-bond donors (Lipinski definition) is 2. The van der Waals surface area contributed by atoms with E-state index in [1.807, 2.05) is 30.6 Å². The van der Waals surface area contributed by atoms with E-state index in [4.69, 9.17) is 4.42 Å². The molecule has 3 aromatic rings. The molecule has 0 atom stereocenters. The third-order valence-electron chi connectivity index (χ3n) is 4.33. The van der Waals surface area contributed by atoms with Gasteiger partial charge in [0.2, 0.25) is 5.89 Å². The highest BCUT2D eigenvalue weighted by molar-refractivity contribution is 5.79. The molecule has 0 saturated heterocycles. The highest BCUT2D eigenvalue weighted by Gasteiger charge is 2.19. The summed E-state index contributed by atoms with van der Waals surface area (Å²) in [5.74, 6) is 3.12. The van der Waals surface area contributed by atoms with Crippen molar-refractivity contribution in [2.75, 3.05) is 7.05 Å². The van der Waals surface area contributed by atoms with Crippen LogP contribution in [-0.2, 0) is 25.0 Å². The fraction of sp³-hybridized carbons (Fsp3) is 0.381. The number of guanidine groups is 1. The number of nitrogens with zero attached hydrogens (tertiary/aromatic N) is 4. The first-order chi connectivity index (χ1) is 13.5. The SMILES string of the molecule is CN=C(NCc1ncc(C(C)(C)C)o1)NCc1nccn1Cc1ccccc1. The molecule has 0 bridgehead atoms. The molecule has 2 heterocycles. The Kier molecular flexibility index (Phi) is 6.13. The molecule has 0 amide bonds. The first-order valence-electron chi connectivity index (χ1n) is 9.39. The van der Waals surface area contributed by atoms with E-state index in [1.54, 1.807) is 13.2 Å². The van der Waals surface area contributed by atoms with Crippen molar-refractivity contribution in [1.82, 2.24) is 25.2 Å². The molecule has 0 fully saturated rings. The van der Waals surface area contributed by atoms with Gasteiger partial charge >= 0.3 is 0 Å². The number of rotatable bonds is 6. The first-order valence-corrected chi connectivity index (χ1v) is 9.39. The second kappa shape index (κ2) is 8.73. The highest BCUT2D eigenvalue weighted by Crippen LogP contribution is 2.22. The van der Waals surface area contributed by atoms with Gasteiger partial charge in [0.1, 0.15) is 11.6 Å². The summed E-state index contributed by atoms with van der Waals surface area (Å²) < 4.78 is 7.93. The predicted octanol–water partition coefficient (Wildman–Crippen LogP) is 3.08. The van der Waals surface area contributed by atoms with Gasteiger partial charge in [-0.3, -0.25) is 4.99 Å². The van der Waals surface area contributed by atoms with Crippen LogP contribution in [-0.4, -0.2) is 27.5 Å². The fourth-order valence-electron chi connectivity index (χ4n) is 2.71. The largest absolute Gasteiger partial charge is 0.443 e. The number of nitrogens with one attached hydrogen (secondary N) is 2. The fourth-order valence-corrected chi connectivity index (χ4v) is 2.71. The molecular weight excluding hydrogens is 352 g/mol. The van der Waals surface area contributed by atoms with Crippen LogP contribution in [0, 0.1) is 0 Å². The van der Waals surface area contributed by atoms with Gasteiger partial charge in [-0.05, 0) is 5.56 Å². The van der Waals surface area contributed by atoms with Crippen LogP contribution in [0.3, 0.4) is 0 Å². The van der Waals surface area contributed by atoms with Gasteiger partial charge in [-0.15, -0.1) is 0 Å². The average molecular weight is 380 g/mol. The summed E-state index contributed by atoms with van der Waals surface area (Å²) >= 11 is 0. The number of aromatic nitrogens is 3. The summed E-state index contributed by atoms with van der Waals surface area (Å²) in [6, 6.07) is 10.3. The van der Waals surface area contributed by atoms with E-state index in [-0.39, 0.29) is 5.41 Å². The van der Waals surface area contributed by atoms with E-state index < -0.39 is 0 Å². The minimum atomic E-state index is -0.0546. The smallest absolute Gasteiger partial charge is 0.213 e. The van der Waals surface area contributed by atoms with Crippen molar-refractivity contribution in [3.05, 3.63) is 72.0 Å². The second-order valence-corrected chi connectivity index (χ2v) is 7.60. The molecule has 148 valence electrons. The number of benzene rings is 1. The van der Waals surface area contributed by atoms with E-state index in [2.05, 4.69) is 63.1 Å². The normalized spacial score (nSPS) is 12.2. The van der Waals surface area contributed by atoms with Gasteiger partial charge in [0, 0.05) is 31.4 Å². The zero-order valence-corrected chi connectivity index (χ0v) is 16.9. The minimum absolute atomic E-state index is 0.0546. The standard InChI is InChI=1S/C21H28N6O/c1-21(2,3)17-12-24-19(28-17)14-26-20(22-4)25-13-18-23-10-11-27(18)15-16-8-6-5-7-9-16/h5-12H,13-15H2,1-4H3,(H2,22,25,26). The van der Waals surface area contributed by atoms with Gasteiger partial charge in [-0.2, -0.15) is 0 Å². The van der Waals surface area contributed by atoms with Crippen LogP contribution in [0.25, 0.3) is 0 Å². The van der Waals surface area contributed by atoms with Crippen molar-refractivity contribution in [3.63, 3.8) is 0 Å². The molecule has 7 heteroatoms. The first kappa shape index (κ1) is 19.7. The molecule has 2 aromatic heterocycles. The summed E-state index contributed by atoms with van der Waals surface area (Å²) in [4.78, 5) is 13.0. The number of imidazole rings is 1. The topological polar surface area (TPSA) is 80.3 Å². The van der Waals surface area contributed by atoms with Crippen LogP contribution in [0.5, 0.6) is 0 Å². The maximum atomic E-state index is 5.81. The van der Waals surface area contributed by atoms with Crippen LogP contribution in [0.2, 0.25) is 0 Å². The zero-order chi connectivity index (χ0) is 20.0. The van der Waals surface area contributed by atoms with E-state index in [9.17, 15) is 0 Å². The Hall–Kier alpha value is -3.09. The van der Waals surface area contributed by atoms with Crippen LogP contribution < -0.4 is 10.6 Å². The van der Waals surface area contributed by atoms with E-state index in [0.29, 0.717) is 24.9 Å². The Morgan fingerprint density at radius 1 is 1.11 bits per heavy atom. The van der Waals surface area contributed by atoms with Gasteiger partial charge < -0.3 is 19.6 Å². The maximum absolute atomic E-state index is 5.81. The molecule has 0 aliphatic rings. The van der Waals surface area contributed by atoms with Crippen molar-refractivity contribution in [2.45, 2.75) is 45.8 Å². The van der Waals surface area contributed by atoms with Crippen molar-refractivity contribution in [3.8, 4) is 0 Å². The molecule has 28 heavy (non-hydrogen) atoms. The monoisotopic (exact) mass is 380 g/mol. The summed E-state index contributed by atoms with van der Waals surface area (Å²) in [6.07, 6.45) is 5.59. The molecule has 7 nitrogen and oxygen atoms in total. The number of oxazole rings is 1. The molecule has 3 rings (SSSR count). The highest BCUT2D eigenvalue weighted by atomic mass is 16.4. The van der Waals surface area contributed by atoms with Crippen LogP contribution in [0.15, 0.2) is 58.3 Å². The third-order valence-corrected chi connectivity index (χ3v) is 4.33. The second-order valence-electron chi connectivity index (χ2n) is 7.60. The Morgan fingerprint density at radius 2 is 1.86 bits per heavy atom. The molecular formula is C21H28N6O. The summed E-state index contributed by atoms with van der Waals surface area (Å²) in [5, 5.41) is 6.52. The zero-order valence-electron chi connectivity index (χ0n) is 16.9. The van der Waals surface area contributed by atoms with E-state index >= 15 is 0 Å². The molecule has 0 spiro atoms. The minimum Gasteiger partial charge on any atom is -0.443 e. The third kappa shape index (κ3) is 5.22. The lowest BCUT2D eigenvalue weighted by atomic mass is 9.94. The molecule has 1 aromatic carbocycles. The van der Waals surface area contributed by atoms with Crippen LogP contribution in [0.4, 0.5) is 0 Å². The van der Waals surface area contributed by atoms with Crippen molar-refractivity contribution in [2.24, 2.45) is 4.99 Å². The maximum Gasteiger partial charge on any atom is 0.213 e. The Labute approximate surface area is 165 Å². The molecule has 0 saturated carbocycles. The quantitative estimate of drug-likeness (QED) is 0.507. The molecule has 0 unspecified atom stereocenters. The summed E-state index contributed by atoms with van der Waals surface area (Å²) in [5.41, 5.74) is 1.18. The molecule has 0 radical (unpaired) electrons. The van der Waals surface area contributed by atoms with Crippen LogP contribution >= 0.6 is 0 Å². The van der Waals surface area contributed by atoms with Crippen molar-refractivity contribution >= 4 is 5.96 Å². The van der Waals surface area contributed by atoms with Crippen LogP contribution in [0.1, 0.15) is 43.8 Å². The van der Waals surface area contributed by atoms with Crippen molar-refractivity contribution in [1.29, 1.82) is 0 Å². The number of aliphatic imine (C=N–C) groups is 1. The lowest BCUT2D eigenvalue weighted by Crippen LogP contribution is -2.37.